The molecular weight excluding hydrogens is 276 g/mol. The van der Waals surface area contributed by atoms with Gasteiger partial charge in [0.25, 0.3) is 0 Å². The largest absolute Gasteiger partial charge is 0.389 e. The molecule has 2 nitrogen and oxygen atoms in total. The molecule has 1 aliphatic heterocycles. The number of nitrogens with two attached hydrogens (primary N) is 1. The van der Waals surface area contributed by atoms with E-state index in [1.54, 1.807) is 0 Å². The molecule has 1 aliphatic carbocycles. The summed E-state index contributed by atoms with van der Waals surface area (Å²) in [6, 6.07) is 6.80. The number of fused-ring (bicyclic) bond motifs is 1. The third-order valence-electron chi connectivity index (χ3n) is 4.54. The van der Waals surface area contributed by atoms with Gasteiger partial charge in [0.05, 0.1) is 5.02 Å². The van der Waals surface area contributed by atoms with Crippen LogP contribution >= 0.6 is 23.8 Å². The van der Waals surface area contributed by atoms with Crippen LogP contribution in [0.15, 0.2) is 18.2 Å². The second-order valence-electron chi connectivity index (χ2n) is 5.62. The first-order valence-corrected chi connectivity index (χ1v) is 7.81. The second-order valence-corrected chi connectivity index (χ2v) is 6.47. The minimum Gasteiger partial charge on any atom is -0.389 e. The zero-order valence-electron chi connectivity index (χ0n) is 10.9. The lowest BCUT2D eigenvalue weighted by molar-refractivity contribution is 0.362. The molecule has 0 aromatic heterocycles. The first kappa shape index (κ1) is 13.2. The molecule has 0 bridgehead atoms. The van der Waals surface area contributed by atoms with E-state index in [9.17, 15) is 0 Å². The minimum absolute atomic E-state index is 0.369. The van der Waals surface area contributed by atoms with Gasteiger partial charge in [-0.1, -0.05) is 30.2 Å². The van der Waals surface area contributed by atoms with Crippen LogP contribution in [0.2, 0.25) is 5.02 Å². The number of halogens is 1. The molecule has 1 heterocycles. The number of thiocarbonyl (C=S) groups is 1. The molecule has 2 fully saturated rings. The molecular formula is C15H19ClN2S. The van der Waals surface area contributed by atoms with E-state index < -0.39 is 0 Å². The molecule has 4 heteroatoms. The van der Waals surface area contributed by atoms with Gasteiger partial charge in [0.15, 0.2) is 0 Å². The summed E-state index contributed by atoms with van der Waals surface area (Å²) < 4.78 is 0. The van der Waals surface area contributed by atoms with E-state index in [0.29, 0.717) is 16.1 Å². The SMILES string of the molecule is NC(=S)c1ccc(N2CCCC3CCCC32)cc1Cl. The predicted octanol–water partition coefficient (Wildman–Crippen LogP) is 3.74. The van der Waals surface area contributed by atoms with E-state index in [1.807, 2.05) is 12.1 Å². The van der Waals surface area contributed by atoms with Crippen LogP contribution in [-0.2, 0) is 0 Å². The molecule has 1 saturated carbocycles. The molecule has 1 saturated heterocycles. The Hall–Kier alpha value is -0.800. The van der Waals surface area contributed by atoms with Crippen molar-refractivity contribution in [3.63, 3.8) is 0 Å². The van der Waals surface area contributed by atoms with Crippen LogP contribution in [0.1, 0.15) is 37.7 Å². The topological polar surface area (TPSA) is 29.3 Å². The lowest BCUT2D eigenvalue weighted by Crippen LogP contribution is -2.42. The van der Waals surface area contributed by atoms with Gasteiger partial charge in [-0.2, -0.15) is 0 Å². The van der Waals surface area contributed by atoms with Crippen molar-refractivity contribution in [2.24, 2.45) is 11.7 Å². The van der Waals surface area contributed by atoms with Gasteiger partial charge in [-0.05, 0) is 49.8 Å². The molecule has 0 amide bonds. The van der Waals surface area contributed by atoms with Crippen molar-refractivity contribution in [1.82, 2.24) is 0 Å². The summed E-state index contributed by atoms with van der Waals surface area (Å²) in [5.41, 5.74) is 7.66. The number of nitrogens with zero attached hydrogens (tertiary/aromatic N) is 1. The third kappa shape index (κ3) is 2.46. The molecule has 3 rings (SSSR count). The average molecular weight is 295 g/mol. The summed E-state index contributed by atoms with van der Waals surface area (Å²) in [7, 11) is 0. The van der Waals surface area contributed by atoms with Crippen LogP contribution < -0.4 is 10.6 Å². The molecule has 2 N–H and O–H groups in total. The fourth-order valence-corrected chi connectivity index (χ4v) is 4.17. The van der Waals surface area contributed by atoms with Gasteiger partial charge in [-0.3, -0.25) is 0 Å². The van der Waals surface area contributed by atoms with E-state index in [-0.39, 0.29) is 0 Å². The quantitative estimate of drug-likeness (QED) is 0.843. The van der Waals surface area contributed by atoms with Gasteiger partial charge in [-0.25, -0.2) is 0 Å². The summed E-state index contributed by atoms with van der Waals surface area (Å²) in [6.07, 6.45) is 6.75. The molecule has 1 aromatic carbocycles. The third-order valence-corrected chi connectivity index (χ3v) is 5.08. The smallest absolute Gasteiger partial charge is 0.105 e. The summed E-state index contributed by atoms with van der Waals surface area (Å²) in [5.74, 6) is 0.878. The highest BCUT2D eigenvalue weighted by Gasteiger charge is 2.35. The Labute approximate surface area is 124 Å². The summed E-state index contributed by atoms with van der Waals surface area (Å²) in [5, 5.41) is 0.671. The maximum absolute atomic E-state index is 6.29. The average Bonchev–Trinajstić information content (AvgIpc) is 2.86. The first-order valence-electron chi connectivity index (χ1n) is 7.03. The molecule has 19 heavy (non-hydrogen) atoms. The number of hydrogen-bond donors (Lipinski definition) is 1. The summed E-state index contributed by atoms with van der Waals surface area (Å²) >= 11 is 11.3. The zero-order chi connectivity index (χ0) is 13.4. The monoisotopic (exact) mass is 294 g/mol. The maximum Gasteiger partial charge on any atom is 0.105 e. The number of rotatable bonds is 2. The molecule has 2 atom stereocenters. The van der Waals surface area contributed by atoms with Crippen molar-refractivity contribution in [3.05, 3.63) is 28.8 Å². The van der Waals surface area contributed by atoms with Crippen LogP contribution in [0.25, 0.3) is 0 Å². The first-order chi connectivity index (χ1) is 9.16. The summed E-state index contributed by atoms with van der Waals surface area (Å²) in [4.78, 5) is 2.91. The van der Waals surface area contributed by atoms with Gasteiger partial charge < -0.3 is 10.6 Å². The Morgan fingerprint density at radius 1 is 1.26 bits per heavy atom. The van der Waals surface area contributed by atoms with Crippen LogP contribution in [0.4, 0.5) is 5.69 Å². The van der Waals surface area contributed by atoms with Gasteiger partial charge in [0.1, 0.15) is 4.99 Å². The Kier molecular flexibility index (Phi) is 3.68. The molecule has 0 spiro atoms. The Bertz CT molecular complexity index is 503. The highest BCUT2D eigenvalue weighted by atomic mass is 35.5. The van der Waals surface area contributed by atoms with E-state index in [2.05, 4.69) is 11.0 Å². The maximum atomic E-state index is 6.29. The minimum atomic E-state index is 0.369. The van der Waals surface area contributed by atoms with Crippen molar-refractivity contribution in [2.75, 3.05) is 11.4 Å². The highest BCUT2D eigenvalue weighted by molar-refractivity contribution is 7.80. The lowest BCUT2D eigenvalue weighted by atomic mass is 9.91. The van der Waals surface area contributed by atoms with Crippen molar-refractivity contribution >= 4 is 34.5 Å². The van der Waals surface area contributed by atoms with Crippen molar-refractivity contribution in [1.29, 1.82) is 0 Å². The van der Waals surface area contributed by atoms with Crippen LogP contribution in [0, 0.1) is 5.92 Å². The Balaban J connectivity index is 1.89. The standard InChI is InChI=1S/C15H19ClN2S/c16-13-9-11(6-7-12(13)15(17)19)18-8-2-4-10-3-1-5-14(10)18/h6-7,9-10,14H,1-5,8H2,(H2,17,19). The van der Waals surface area contributed by atoms with Gasteiger partial charge in [0, 0.05) is 23.8 Å². The van der Waals surface area contributed by atoms with Crippen molar-refractivity contribution in [3.8, 4) is 0 Å². The Morgan fingerprint density at radius 2 is 2.05 bits per heavy atom. The number of piperidine rings is 1. The lowest BCUT2D eigenvalue weighted by Gasteiger charge is -2.39. The van der Waals surface area contributed by atoms with Crippen LogP contribution in [0.5, 0.6) is 0 Å². The second kappa shape index (κ2) is 5.29. The van der Waals surface area contributed by atoms with E-state index >= 15 is 0 Å². The van der Waals surface area contributed by atoms with Gasteiger partial charge in [-0.15, -0.1) is 0 Å². The predicted molar refractivity (Wildman–Crippen MR) is 85.0 cm³/mol. The van der Waals surface area contributed by atoms with Gasteiger partial charge >= 0.3 is 0 Å². The van der Waals surface area contributed by atoms with E-state index in [4.69, 9.17) is 29.6 Å². The number of hydrogen-bond acceptors (Lipinski definition) is 2. The molecule has 1 aromatic rings. The fraction of sp³-hybridized carbons (Fsp3) is 0.533. The van der Waals surface area contributed by atoms with Gasteiger partial charge in [0.2, 0.25) is 0 Å². The molecule has 0 radical (unpaired) electrons. The van der Waals surface area contributed by atoms with Crippen LogP contribution in [-0.4, -0.2) is 17.6 Å². The molecule has 2 unspecified atom stereocenters. The molecule has 102 valence electrons. The number of benzene rings is 1. The fourth-order valence-electron chi connectivity index (χ4n) is 3.66. The highest BCUT2D eigenvalue weighted by Crippen LogP contribution is 2.39. The van der Waals surface area contributed by atoms with Crippen molar-refractivity contribution < 1.29 is 0 Å². The zero-order valence-corrected chi connectivity index (χ0v) is 12.5. The normalized spacial score (nSPS) is 26.3. The molecule has 2 aliphatic rings. The van der Waals surface area contributed by atoms with Crippen LogP contribution in [0.3, 0.4) is 0 Å². The number of anilines is 1. The summed E-state index contributed by atoms with van der Waals surface area (Å²) in [6.45, 7) is 1.14. The van der Waals surface area contributed by atoms with E-state index in [1.165, 1.54) is 37.8 Å². The Morgan fingerprint density at radius 3 is 2.79 bits per heavy atom. The van der Waals surface area contributed by atoms with Crippen molar-refractivity contribution in [2.45, 2.75) is 38.1 Å². The van der Waals surface area contributed by atoms with E-state index in [0.717, 1.165) is 18.0 Å².